The third-order valence-electron chi connectivity index (χ3n) is 3.74. The Balaban J connectivity index is 2.03. The van der Waals surface area contributed by atoms with Crippen LogP contribution in [0.15, 0.2) is 30.3 Å². The number of hydrogen-bond donors (Lipinski definition) is 2. The molecule has 0 saturated carbocycles. The maximum Gasteiger partial charge on any atom is 0.162 e. The largest absolute Gasteiger partial charge is 0.508 e. The van der Waals surface area contributed by atoms with Crippen molar-refractivity contribution < 1.29 is 19.7 Å². The summed E-state index contributed by atoms with van der Waals surface area (Å²) in [5.41, 5.74) is 2.29. The number of benzene rings is 2. The van der Waals surface area contributed by atoms with Crippen LogP contribution in [0, 0.1) is 0 Å². The van der Waals surface area contributed by atoms with Gasteiger partial charge in [0.2, 0.25) is 0 Å². The molecule has 2 aromatic carbocycles. The molecule has 0 saturated heterocycles. The average Bonchev–Trinajstić information content (AvgIpc) is 2.64. The molecular weight excluding hydrogens is 268 g/mol. The first-order valence-electron chi connectivity index (χ1n) is 6.97. The van der Waals surface area contributed by atoms with Crippen LogP contribution in [0.25, 0.3) is 0 Å². The van der Waals surface area contributed by atoms with Crippen LogP contribution < -0.4 is 4.74 Å². The standard InChI is InChI=1S/C17H16O4/c1-2-14(19)10-4-6-16-11(7-10)3-5-13-15(20)8-12(18)9-17(13)21-16/h4,6-9,18,20H,2-3,5H2,1H3. The Labute approximate surface area is 122 Å². The number of fused-ring (bicyclic) bond motifs is 2. The van der Waals surface area contributed by atoms with Crippen LogP contribution in [0.2, 0.25) is 0 Å². The molecule has 2 aromatic rings. The van der Waals surface area contributed by atoms with Crippen molar-refractivity contribution >= 4 is 5.78 Å². The molecule has 0 aliphatic carbocycles. The fourth-order valence-electron chi connectivity index (χ4n) is 2.59. The highest BCUT2D eigenvalue weighted by Gasteiger charge is 2.19. The number of ketones is 1. The van der Waals surface area contributed by atoms with Gasteiger partial charge in [0.25, 0.3) is 0 Å². The first-order chi connectivity index (χ1) is 10.1. The molecule has 0 fully saturated rings. The Hall–Kier alpha value is -2.49. The molecule has 108 valence electrons. The second-order valence-corrected chi connectivity index (χ2v) is 5.14. The van der Waals surface area contributed by atoms with Crippen LogP contribution in [0.5, 0.6) is 23.0 Å². The summed E-state index contributed by atoms with van der Waals surface area (Å²) in [5.74, 6) is 1.21. The van der Waals surface area contributed by atoms with E-state index < -0.39 is 0 Å². The van der Waals surface area contributed by atoms with Crippen LogP contribution in [0.4, 0.5) is 0 Å². The van der Waals surface area contributed by atoms with E-state index in [0.717, 1.165) is 5.56 Å². The van der Waals surface area contributed by atoms with Gasteiger partial charge in [-0.2, -0.15) is 0 Å². The molecule has 1 aliphatic rings. The molecule has 1 aliphatic heterocycles. The van der Waals surface area contributed by atoms with E-state index in [1.807, 2.05) is 13.0 Å². The average molecular weight is 284 g/mol. The van der Waals surface area contributed by atoms with Gasteiger partial charge in [0.1, 0.15) is 23.0 Å². The van der Waals surface area contributed by atoms with Crippen LogP contribution in [0.3, 0.4) is 0 Å². The Morgan fingerprint density at radius 3 is 2.71 bits per heavy atom. The number of Topliss-reactive ketones (excluding diaryl/α,β-unsaturated/α-hetero) is 1. The van der Waals surface area contributed by atoms with Crippen molar-refractivity contribution in [3.8, 4) is 23.0 Å². The number of carbonyl (C=O) groups is 1. The zero-order valence-electron chi connectivity index (χ0n) is 11.7. The number of rotatable bonds is 2. The van der Waals surface area contributed by atoms with E-state index in [2.05, 4.69) is 0 Å². The van der Waals surface area contributed by atoms with Gasteiger partial charge in [0, 0.05) is 29.7 Å². The predicted octanol–water partition coefficient (Wildman–Crippen LogP) is 3.58. The summed E-state index contributed by atoms with van der Waals surface area (Å²) in [7, 11) is 0. The number of phenols is 2. The Bertz CT molecular complexity index is 719. The third-order valence-corrected chi connectivity index (χ3v) is 3.74. The molecule has 4 nitrogen and oxygen atoms in total. The predicted molar refractivity (Wildman–Crippen MR) is 78.3 cm³/mol. The minimum Gasteiger partial charge on any atom is -0.508 e. The van der Waals surface area contributed by atoms with Gasteiger partial charge in [-0.25, -0.2) is 0 Å². The molecule has 0 spiro atoms. The zero-order chi connectivity index (χ0) is 15.0. The molecule has 0 amide bonds. The third kappa shape index (κ3) is 2.44. The number of carbonyl (C=O) groups excluding carboxylic acids is 1. The molecule has 4 heteroatoms. The van der Waals surface area contributed by atoms with Crippen molar-refractivity contribution in [1.29, 1.82) is 0 Å². The highest BCUT2D eigenvalue weighted by atomic mass is 16.5. The number of aromatic hydroxyl groups is 2. The van der Waals surface area contributed by atoms with E-state index in [0.29, 0.717) is 41.9 Å². The quantitative estimate of drug-likeness (QED) is 0.827. The summed E-state index contributed by atoms with van der Waals surface area (Å²) in [6.45, 7) is 1.83. The first-order valence-corrected chi connectivity index (χ1v) is 6.97. The van der Waals surface area contributed by atoms with Gasteiger partial charge in [-0.3, -0.25) is 4.79 Å². The summed E-state index contributed by atoms with van der Waals surface area (Å²) in [4.78, 5) is 11.8. The lowest BCUT2D eigenvalue weighted by molar-refractivity contribution is 0.0988. The molecule has 21 heavy (non-hydrogen) atoms. The monoisotopic (exact) mass is 284 g/mol. The number of phenolic OH excluding ortho intramolecular Hbond substituents is 2. The van der Waals surface area contributed by atoms with Gasteiger partial charge in [-0.05, 0) is 36.6 Å². The second kappa shape index (κ2) is 5.13. The summed E-state index contributed by atoms with van der Waals surface area (Å²) in [5, 5.41) is 19.5. The fourth-order valence-corrected chi connectivity index (χ4v) is 2.59. The Morgan fingerprint density at radius 2 is 1.95 bits per heavy atom. The normalized spacial score (nSPS) is 12.8. The van der Waals surface area contributed by atoms with Crippen molar-refractivity contribution in [2.75, 3.05) is 0 Å². The molecule has 0 bridgehead atoms. The molecular formula is C17H16O4. The molecule has 2 N–H and O–H groups in total. The lowest BCUT2D eigenvalue weighted by atomic mass is 10.00. The van der Waals surface area contributed by atoms with Crippen molar-refractivity contribution in [2.24, 2.45) is 0 Å². The minimum absolute atomic E-state index is 0.0302. The van der Waals surface area contributed by atoms with Crippen LogP contribution in [0.1, 0.15) is 34.8 Å². The maximum atomic E-state index is 11.8. The summed E-state index contributed by atoms with van der Waals surface area (Å²) in [6, 6.07) is 8.18. The summed E-state index contributed by atoms with van der Waals surface area (Å²) in [6.07, 6.45) is 1.73. The van der Waals surface area contributed by atoms with E-state index in [-0.39, 0.29) is 17.3 Å². The molecule has 0 atom stereocenters. The van der Waals surface area contributed by atoms with Crippen molar-refractivity contribution in [3.05, 3.63) is 47.0 Å². The minimum atomic E-state index is -0.0347. The topological polar surface area (TPSA) is 66.8 Å². The number of aryl methyl sites for hydroxylation is 1. The molecule has 0 aromatic heterocycles. The smallest absolute Gasteiger partial charge is 0.162 e. The summed E-state index contributed by atoms with van der Waals surface area (Å²) < 4.78 is 5.80. The second-order valence-electron chi connectivity index (χ2n) is 5.14. The maximum absolute atomic E-state index is 11.8. The van der Waals surface area contributed by atoms with Crippen LogP contribution >= 0.6 is 0 Å². The van der Waals surface area contributed by atoms with E-state index >= 15 is 0 Å². The van der Waals surface area contributed by atoms with Gasteiger partial charge in [0.05, 0.1) is 0 Å². The Morgan fingerprint density at radius 1 is 1.14 bits per heavy atom. The van der Waals surface area contributed by atoms with Crippen molar-refractivity contribution in [3.63, 3.8) is 0 Å². The van der Waals surface area contributed by atoms with E-state index in [9.17, 15) is 15.0 Å². The van der Waals surface area contributed by atoms with E-state index in [1.165, 1.54) is 12.1 Å². The number of hydrogen-bond acceptors (Lipinski definition) is 4. The SMILES string of the molecule is CCC(=O)c1ccc2c(c1)CCc1c(O)cc(O)cc1O2. The lowest BCUT2D eigenvalue weighted by Gasteiger charge is -2.11. The first kappa shape index (κ1) is 13.5. The van der Waals surface area contributed by atoms with Crippen LogP contribution in [-0.2, 0) is 12.8 Å². The van der Waals surface area contributed by atoms with Gasteiger partial charge >= 0.3 is 0 Å². The molecule has 0 radical (unpaired) electrons. The lowest BCUT2D eigenvalue weighted by Crippen LogP contribution is -1.99. The number of ether oxygens (including phenoxy) is 1. The molecule has 0 unspecified atom stereocenters. The fraction of sp³-hybridized carbons (Fsp3) is 0.235. The van der Waals surface area contributed by atoms with Crippen molar-refractivity contribution in [2.45, 2.75) is 26.2 Å². The van der Waals surface area contributed by atoms with Crippen molar-refractivity contribution in [1.82, 2.24) is 0 Å². The van der Waals surface area contributed by atoms with Gasteiger partial charge in [-0.15, -0.1) is 0 Å². The van der Waals surface area contributed by atoms with Crippen LogP contribution in [-0.4, -0.2) is 16.0 Å². The summed E-state index contributed by atoms with van der Waals surface area (Å²) >= 11 is 0. The van der Waals surface area contributed by atoms with Gasteiger partial charge in [-0.1, -0.05) is 6.92 Å². The van der Waals surface area contributed by atoms with Gasteiger partial charge in [0.15, 0.2) is 5.78 Å². The van der Waals surface area contributed by atoms with E-state index in [1.54, 1.807) is 12.1 Å². The highest BCUT2D eigenvalue weighted by Crippen LogP contribution is 2.40. The van der Waals surface area contributed by atoms with E-state index in [4.69, 9.17) is 4.74 Å². The van der Waals surface area contributed by atoms with Gasteiger partial charge < -0.3 is 14.9 Å². The zero-order valence-corrected chi connectivity index (χ0v) is 11.7. The Kier molecular flexibility index (Phi) is 3.29. The highest BCUT2D eigenvalue weighted by molar-refractivity contribution is 5.96. The molecule has 3 rings (SSSR count). The molecule has 1 heterocycles.